The molecule has 1 rings (SSSR count). The molecule has 0 spiro atoms. The summed E-state index contributed by atoms with van der Waals surface area (Å²) in [5, 5.41) is 0. The van der Waals surface area contributed by atoms with Gasteiger partial charge in [0.05, 0.1) is 0 Å². The molecular weight excluding hydrogens is 126 g/mol. The van der Waals surface area contributed by atoms with Gasteiger partial charge in [-0.25, -0.2) is 0 Å². The molecule has 58 valence electrons. The van der Waals surface area contributed by atoms with E-state index in [0.717, 1.165) is 19.4 Å². The number of amides is 1. The average Bonchev–Trinajstić information content (AvgIpc) is 2.73. The van der Waals surface area contributed by atoms with E-state index in [1.54, 1.807) is 0 Å². The summed E-state index contributed by atoms with van der Waals surface area (Å²) in [6, 6.07) is 0.601. The molecule has 0 aromatic heterocycles. The van der Waals surface area contributed by atoms with E-state index in [-0.39, 0.29) is 0 Å². The van der Waals surface area contributed by atoms with Gasteiger partial charge in [0.1, 0.15) is 0 Å². The van der Waals surface area contributed by atoms with Crippen LogP contribution in [0.4, 0.5) is 0 Å². The van der Waals surface area contributed by atoms with Gasteiger partial charge in [0.15, 0.2) is 0 Å². The molecule has 2 heteroatoms. The molecule has 2 nitrogen and oxygen atoms in total. The van der Waals surface area contributed by atoms with Crippen molar-refractivity contribution in [2.24, 2.45) is 0 Å². The van der Waals surface area contributed by atoms with Crippen molar-refractivity contribution in [3.8, 4) is 0 Å². The first-order chi connectivity index (χ1) is 4.88. The maximum Gasteiger partial charge on any atom is 0.209 e. The zero-order valence-corrected chi connectivity index (χ0v) is 6.55. The number of carbonyl (C=O) groups excluding carboxylic acids is 1. The van der Waals surface area contributed by atoms with E-state index >= 15 is 0 Å². The molecule has 0 aliphatic heterocycles. The maximum absolute atomic E-state index is 10.4. The Labute approximate surface area is 62.2 Å². The minimum absolute atomic E-state index is 0.601. The average molecular weight is 141 g/mol. The predicted molar refractivity (Wildman–Crippen MR) is 40.7 cm³/mol. The number of carbonyl (C=O) groups is 1. The largest absolute Gasteiger partial charge is 0.342 e. The molecule has 0 radical (unpaired) electrons. The van der Waals surface area contributed by atoms with Crippen molar-refractivity contribution in [3.63, 3.8) is 0 Å². The van der Waals surface area contributed by atoms with Crippen LogP contribution in [0.2, 0.25) is 0 Å². The Hall–Kier alpha value is -0.530. The van der Waals surface area contributed by atoms with Crippen molar-refractivity contribution in [2.45, 2.75) is 38.6 Å². The second-order valence-electron chi connectivity index (χ2n) is 2.93. The van der Waals surface area contributed by atoms with Crippen LogP contribution in [0.1, 0.15) is 32.6 Å². The van der Waals surface area contributed by atoms with Gasteiger partial charge in [-0.1, -0.05) is 13.3 Å². The fourth-order valence-electron chi connectivity index (χ4n) is 1.07. The van der Waals surface area contributed by atoms with Crippen LogP contribution in [-0.2, 0) is 4.79 Å². The van der Waals surface area contributed by atoms with Crippen LogP contribution in [-0.4, -0.2) is 23.9 Å². The summed E-state index contributed by atoms with van der Waals surface area (Å²) < 4.78 is 0. The van der Waals surface area contributed by atoms with Crippen molar-refractivity contribution in [2.75, 3.05) is 6.54 Å². The van der Waals surface area contributed by atoms with Crippen LogP contribution in [0.25, 0.3) is 0 Å². The van der Waals surface area contributed by atoms with Gasteiger partial charge in [-0.3, -0.25) is 4.79 Å². The third-order valence-corrected chi connectivity index (χ3v) is 1.92. The van der Waals surface area contributed by atoms with E-state index in [2.05, 4.69) is 6.92 Å². The highest BCUT2D eigenvalue weighted by Crippen LogP contribution is 2.25. The van der Waals surface area contributed by atoms with Gasteiger partial charge in [-0.2, -0.15) is 0 Å². The molecule has 0 atom stereocenters. The maximum atomic E-state index is 10.4. The Bertz CT molecular complexity index is 110. The number of rotatable bonds is 5. The monoisotopic (exact) mass is 141 g/mol. The SMILES string of the molecule is CCCCN(C=O)C1CC1. The minimum atomic E-state index is 0.601. The second-order valence-corrected chi connectivity index (χ2v) is 2.93. The van der Waals surface area contributed by atoms with E-state index in [4.69, 9.17) is 0 Å². The van der Waals surface area contributed by atoms with E-state index < -0.39 is 0 Å². The molecule has 0 unspecified atom stereocenters. The Morgan fingerprint density at radius 3 is 2.70 bits per heavy atom. The fourth-order valence-corrected chi connectivity index (χ4v) is 1.07. The van der Waals surface area contributed by atoms with E-state index in [0.29, 0.717) is 6.04 Å². The quantitative estimate of drug-likeness (QED) is 0.530. The number of hydrogen-bond acceptors (Lipinski definition) is 1. The third-order valence-electron chi connectivity index (χ3n) is 1.92. The van der Waals surface area contributed by atoms with Crippen LogP contribution in [0, 0.1) is 0 Å². The van der Waals surface area contributed by atoms with Gasteiger partial charge in [0, 0.05) is 12.6 Å². The van der Waals surface area contributed by atoms with Gasteiger partial charge in [0.2, 0.25) is 6.41 Å². The highest BCUT2D eigenvalue weighted by molar-refractivity contribution is 5.48. The molecule has 0 N–H and O–H groups in total. The van der Waals surface area contributed by atoms with Crippen molar-refractivity contribution >= 4 is 6.41 Å². The van der Waals surface area contributed by atoms with Crippen LogP contribution in [0.5, 0.6) is 0 Å². The van der Waals surface area contributed by atoms with Gasteiger partial charge >= 0.3 is 0 Å². The molecule has 0 bridgehead atoms. The highest BCUT2D eigenvalue weighted by Gasteiger charge is 2.26. The summed E-state index contributed by atoms with van der Waals surface area (Å²) >= 11 is 0. The fraction of sp³-hybridized carbons (Fsp3) is 0.875. The summed E-state index contributed by atoms with van der Waals surface area (Å²) in [6.45, 7) is 3.11. The van der Waals surface area contributed by atoms with Crippen molar-refractivity contribution < 1.29 is 4.79 Å². The lowest BCUT2D eigenvalue weighted by molar-refractivity contribution is -0.118. The lowest BCUT2D eigenvalue weighted by atomic mass is 10.3. The smallest absolute Gasteiger partial charge is 0.209 e. The first-order valence-corrected chi connectivity index (χ1v) is 4.09. The number of unbranched alkanes of at least 4 members (excludes halogenated alkanes) is 1. The Balaban J connectivity index is 2.12. The topological polar surface area (TPSA) is 20.3 Å². The van der Waals surface area contributed by atoms with Gasteiger partial charge in [-0.15, -0.1) is 0 Å². The lowest BCUT2D eigenvalue weighted by Gasteiger charge is -2.14. The van der Waals surface area contributed by atoms with E-state index in [1.807, 2.05) is 4.90 Å². The highest BCUT2D eigenvalue weighted by atomic mass is 16.1. The van der Waals surface area contributed by atoms with Gasteiger partial charge in [-0.05, 0) is 19.3 Å². The molecule has 1 fully saturated rings. The molecule has 0 aromatic carbocycles. The van der Waals surface area contributed by atoms with Crippen molar-refractivity contribution in [3.05, 3.63) is 0 Å². The van der Waals surface area contributed by atoms with E-state index in [9.17, 15) is 4.79 Å². The minimum Gasteiger partial charge on any atom is -0.342 e. The Morgan fingerprint density at radius 1 is 1.60 bits per heavy atom. The Kier molecular flexibility index (Phi) is 2.72. The molecule has 0 heterocycles. The number of nitrogens with zero attached hydrogens (tertiary/aromatic N) is 1. The normalized spacial score (nSPS) is 16.9. The molecule has 1 aliphatic carbocycles. The summed E-state index contributed by atoms with van der Waals surface area (Å²) in [4.78, 5) is 12.4. The zero-order chi connectivity index (χ0) is 7.40. The third kappa shape index (κ3) is 2.01. The van der Waals surface area contributed by atoms with Crippen molar-refractivity contribution in [1.82, 2.24) is 4.90 Å². The number of hydrogen-bond donors (Lipinski definition) is 0. The summed E-state index contributed by atoms with van der Waals surface area (Å²) in [5.74, 6) is 0. The molecule has 10 heavy (non-hydrogen) atoms. The molecule has 1 saturated carbocycles. The summed E-state index contributed by atoms with van der Waals surface area (Å²) in [5.41, 5.74) is 0. The predicted octanol–water partition coefficient (Wildman–Crippen LogP) is 1.41. The van der Waals surface area contributed by atoms with Gasteiger partial charge < -0.3 is 4.90 Å². The molecule has 0 saturated heterocycles. The molecule has 0 aromatic rings. The summed E-state index contributed by atoms with van der Waals surface area (Å²) in [6.07, 6.45) is 5.77. The zero-order valence-electron chi connectivity index (χ0n) is 6.55. The second kappa shape index (κ2) is 3.59. The summed E-state index contributed by atoms with van der Waals surface area (Å²) in [7, 11) is 0. The van der Waals surface area contributed by atoms with Crippen molar-refractivity contribution in [1.29, 1.82) is 0 Å². The first-order valence-electron chi connectivity index (χ1n) is 4.09. The van der Waals surface area contributed by atoms with E-state index in [1.165, 1.54) is 19.3 Å². The van der Waals surface area contributed by atoms with Crippen LogP contribution < -0.4 is 0 Å². The van der Waals surface area contributed by atoms with Crippen LogP contribution >= 0.6 is 0 Å². The molecular formula is C8H15NO. The van der Waals surface area contributed by atoms with Crippen LogP contribution in [0.3, 0.4) is 0 Å². The lowest BCUT2D eigenvalue weighted by Crippen LogP contribution is -2.25. The molecule has 1 aliphatic rings. The van der Waals surface area contributed by atoms with Crippen LogP contribution in [0.15, 0.2) is 0 Å². The Morgan fingerprint density at radius 2 is 2.30 bits per heavy atom. The first kappa shape index (κ1) is 7.58. The van der Waals surface area contributed by atoms with Gasteiger partial charge in [0.25, 0.3) is 0 Å². The molecule has 1 amide bonds. The standard InChI is InChI=1S/C8H15NO/c1-2-3-6-9(7-10)8-4-5-8/h7-8H,2-6H2,1H3.